The lowest BCUT2D eigenvalue weighted by molar-refractivity contribution is -0.130. The minimum atomic E-state index is 0.176. The van der Waals surface area contributed by atoms with Crippen molar-refractivity contribution in [2.24, 2.45) is 4.99 Å². The van der Waals surface area contributed by atoms with Crippen LogP contribution in [-0.4, -0.2) is 79.4 Å². The summed E-state index contributed by atoms with van der Waals surface area (Å²) in [6, 6.07) is 8.63. The van der Waals surface area contributed by atoms with Gasteiger partial charge in [0.1, 0.15) is 0 Å². The highest BCUT2D eigenvalue weighted by atomic mass is 16.2. The Hall–Kier alpha value is -2.08. The molecule has 1 amide bonds. The van der Waals surface area contributed by atoms with Crippen molar-refractivity contribution in [2.45, 2.75) is 27.3 Å². The summed E-state index contributed by atoms with van der Waals surface area (Å²) in [5, 5.41) is 3.38. The summed E-state index contributed by atoms with van der Waals surface area (Å²) in [4.78, 5) is 22.6. The smallest absolute Gasteiger partial charge is 0.219 e. The molecule has 6 heteroatoms. The first-order chi connectivity index (χ1) is 12.5. The van der Waals surface area contributed by atoms with Gasteiger partial charge in [-0.2, -0.15) is 0 Å². The maximum absolute atomic E-state index is 11.4. The molecule has 1 fully saturated rings. The number of aryl methyl sites for hydroxylation is 1. The number of carbonyl (C=O) groups is 1. The third-order valence-electron chi connectivity index (χ3n) is 4.73. The SMILES string of the molecule is CCNC(=NCCN1CCN(C(C)=O)CC1)N(C)Cc1ccc(C)cc1. The van der Waals surface area contributed by atoms with Crippen LogP contribution in [0.1, 0.15) is 25.0 Å². The Morgan fingerprint density at radius 2 is 1.85 bits per heavy atom. The molecule has 0 aromatic heterocycles. The fourth-order valence-electron chi connectivity index (χ4n) is 3.10. The predicted molar refractivity (Wildman–Crippen MR) is 107 cm³/mol. The van der Waals surface area contributed by atoms with E-state index in [1.807, 2.05) is 4.90 Å². The predicted octanol–water partition coefficient (Wildman–Crippen LogP) is 1.56. The fourth-order valence-corrected chi connectivity index (χ4v) is 3.10. The van der Waals surface area contributed by atoms with Crippen LogP contribution >= 0.6 is 0 Å². The zero-order valence-electron chi connectivity index (χ0n) is 16.7. The molecule has 0 spiro atoms. The average Bonchev–Trinajstić information content (AvgIpc) is 2.63. The highest BCUT2D eigenvalue weighted by Crippen LogP contribution is 2.06. The van der Waals surface area contributed by atoms with Crippen LogP contribution in [0, 0.1) is 6.92 Å². The first-order valence-electron chi connectivity index (χ1n) is 9.52. The van der Waals surface area contributed by atoms with Crippen LogP contribution in [0.25, 0.3) is 0 Å². The van der Waals surface area contributed by atoms with Gasteiger partial charge in [0.2, 0.25) is 5.91 Å². The molecule has 0 aliphatic carbocycles. The minimum absolute atomic E-state index is 0.176. The maximum Gasteiger partial charge on any atom is 0.219 e. The average molecular weight is 360 g/mol. The van der Waals surface area contributed by atoms with E-state index < -0.39 is 0 Å². The van der Waals surface area contributed by atoms with Crippen molar-refractivity contribution in [3.05, 3.63) is 35.4 Å². The monoisotopic (exact) mass is 359 g/mol. The Morgan fingerprint density at radius 1 is 1.19 bits per heavy atom. The van der Waals surface area contributed by atoms with Crippen molar-refractivity contribution < 1.29 is 4.79 Å². The molecule has 1 aliphatic rings. The van der Waals surface area contributed by atoms with Gasteiger partial charge in [0.25, 0.3) is 0 Å². The lowest BCUT2D eigenvalue weighted by Gasteiger charge is -2.33. The number of amides is 1. The summed E-state index contributed by atoms with van der Waals surface area (Å²) in [7, 11) is 2.08. The van der Waals surface area contributed by atoms with Crippen LogP contribution < -0.4 is 5.32 Å². The highest BCUT2D eigenvalue weighted by Gasteiger charge is 2.18. The molecule has 1 N–H and O–H groups in total. The molecular formula is C20H33N5O. The van der Waals surface area contributed by atoms with E-state index in [-0.39, 0.29) is 5.91 Å². The number of guanidine groups is 1. The topological polar surface area (TPSA) is 51.2 Å². The van der Waals surface area contributed by atoms with E-state index in [0.717, 1.165) is 58.3 Å². The fraction of sp³-hybridized carbons (Fsp3) is 0.600. The van der Waals surface area contributed by atoms with Gasteiger partial charge in [-0.3, -0.25) is 14.7 Å². The van der Waals surface area contributed by atoms with Crippen molar-refractivity contribution in [3.63, 3.8) is 0 Å². The molecular weight excluding hydrogens is 326 g/mol. The number of piperazine rings is 1. The van der Waals surface area contributed by atoms with Crippen molar-refractivity contribution in [3.8, 4) is 0 Å². The Kier molecular flexibility index (Phi) is 7.91. The van der Waals surface area contributed by atoms with Crippen LogP contribution in [-0.2, 0) is 11.3 Å². The van der Waals surface area contributed by atoms with E-state index >= 15 is 0 Å². The summed E-state index contributed by atoms with van der Waals surface area (Å²) >= 11 is 0. The molecule has 26 heavy (non-hydrogen) atoms. The lowest BCUT2D eigenvalue weighted by Crippen LogP contribution is -2.48. The summed E-state index contributed by atoms with van der Waals surface area (Å²) in [6.45, 7) is 12.8. The van der Waals surface area contributed by atoms with Crippen molar-refractivity contribution in [2.75, 3.05) is 52.9 Å². The number of carbonyl (C=O) groups excluding carboxylic acids is 1. The number of aliphatic imine (C=N–C) groups is 1. The Bertz CT molecular complexity index is 591. The van der Waals surface area contributed by atoms with Crippen LogP contribution in [0.15, 0.2) is 29.3 Å². The molecule has 2 rings (SSSR count). The molecule has 0 bridgehead atoms. The van der Waals surface area contributed by atoms with Gasteiger partial charge in [-0.15, -0.1) is 0 Å². The second kappa shape index (κ2) is 10.2. The van der Waals surface area contributed by atoms with Gasteiger partial charge in [-0.1, -0.05) is 29.8 Å². The van der Waals surface area contributed by atoms with E-state index in [9.17, 15) is 4.79 Å². The van der Waals surface area contributed by atoms with Gasteiger partial charge in [0, 0.05) is 59.8 Å². The van der Waals surface area contributed by atoms with Crippen LogP contribution in [0.2, 0.25) is 0 Å². The van der Waals surface area contributed by atoms with Gasteiger partial charge < -0.3 is 15.1 Å². The molecule has 1 aromatic rings. The molecule has 0 saturated carbocycles. The Balaban J connectivity index is 1.83. The van der Waals surface area contributed by atoms with E-state index in [4.69, 9.17) is 4.99 Å². The highest BCUT2D eigenvalue weighted by molar-refractivity contribution is 5.79. The zero-order valence-corrected chi connectivity index (χ0v) is 16.7. The molecule has 1 heterocycles. The second-order valence-corrected chi connectivity index (χ2v) is 6.93. The normalized spacial score (nSPS) is 15.8. The quantitative estimate of drug-likeness (QED) is 0.619. The molecule has 144 valence electrons. The summed E-state index contributed by atoms with van der Waals surface area (Å²) < 4.78 is 0. The van der Waals surface area contributed by atoms with Crippen LogP contribution in [0.5, 0.6) is 0 Å². The van der Waals surface area contributed by atoms with Gasteiger partial charge in [0.15, 0.2) is 5.96 Å². The van der Waals surface area contributed by atoms with E-state index in [0.29, 0.717) is 0 Å². The molecule has 1 saturated heterocycles. The molecule has 0 radical (unpaired) electrons. The zero-order chi connectivity index (χ0) is 18.9. The molecule has 0 unspecified atom stereocenters. The summed E-state index contributed by atoms with van der Waals surface area (Å²) in [6.07, 6.45) is 0. The number of hydrogen-bond donors (Lipinski definition) is 1. The first-order valence-corrected chi connectivity index (χ1v) is 9.52. The minimum Gasteiger partial charge on any atom is -0.357 e. The molecule has 6 nitrogen and oxygen atoms in total. The second-order valence-electron chi connectivity index (χ2n) is 6.93. The lowest BCUT2D eigenvalue weighted by atomic mass is 10.1. The van der Waals surface area contributed by atoms with Gasteiger partial charge in [-0.25, -0.2) is 0 Å². The maximum atomic E-state index is 11.4. The number of nitrogens with zero attached hydrogens (tertiary/aromatic N) is 4. The number of rotatable bonds is 6. The first kappa shape index (κ1) is 20.2. The van der Waals surface area contributed by atoms with E-state index in [1.54, 1.807) is 6.92 Å². The molecule has 0 atom stereocenters. The summed E-state index contributed by atoms with van der Waals surface area (Å²) in [5.41, 5.74) is 2.56. The molecule has 1 aromatic carbocycles. The standard InChI is InChI=1S/C20H33N5O/c1-5-21-20(23(4)16-19-8-6-17(2)7-9-19)22-10-11-24-12-14-25(15-13-24)18(3)26/h6-9H,5,10-16H2,1-4H3,(H,21,22). The summed E-state index contributed by atoms with van der Waals surface area (Å²) in [5.74, 6) is 1.12. The number of nitrogens with one attached hydrogen (secondary N) is 1. The third-order valence-corrected chi connectivity index (χ3v) is 4.73. The van der Waals surface area contributed by atoms with Crippen LogP contribution in [0.3, 0.4) is 0 Å². The van der Waals surface area contributed by atoms with Gasteiger partial charge >= 0.3 is 0 Å². The Morgan fingerprint density at radius 3 is 2.42 bits per heavy atom. The third kappa shape index (κ3) is 6.33. The number of benzene rings is 1. The van der Waals surface area contributed by atoms with E-state index in [2.05, 4.69) is 60.3 Å². The molecule has 1 aliphatic heterocycles. The van der Waals surface area contributed by atoms with Crippen molar-refractivity contribution in [1.82, 2.24) is 20.0 Å². The van der Waals surface area contributed by atoms with Crippen molar-refractivity contribution in [1.29, 1.82) is 0 Å². The van der Waals surface area contributed by atoms with Gasteiger partial charge in [0.05, 0.1) is 6.54 Å². The largest absolute Gasteiger partial charge is 0.357 e. The van der Waals surface area contributed by atoms with Crippen LogP contribution in [0.4, 0.5) is 0 Å². The van der Waals surface area contributed by atoms with Crippen molar-refractivity contribution >= 4 is 11.9 Å². The Labute approximate surface area is 157 Å². The van der Waals surface area contributed by atoms with E-state index in [1.165, 1.54) is 11.1 Å². The number of hydrogen-bond acceptors (Lipinski definition) is 3. The van der Waals surface area contributed by atoms with Gasteiger partial charge in [-0.05, 0) is 19.4 Å².